The molecule has 0 aliphatic rings. The van der Waals surface area contributed by atoms with Crippen LogP contribution in [0.25, 0.3) is 10.8 Å². The minimum Gasteiger partial charge on any atom is -0.346 e. The van der Waals surface area contributed by atoms with Gasteiger partial charge in [0.25, 0.3) is 11.5 Å². The SMILES string of the molecule is Cc1ccccc1C(=O)NCc1nn(Cc2ccccn2)c(=O)c2ccccc12. The van der Waals surface area contributed by atoms with Crippen LogP contribution >= 0.6 is 0 Å². The number of rotatable bonds is 5. The summed E-state index contributed by atoms with van der Waals surface area (Å²) in [6, 6.07) is 20.3. The number of aryl methyl sites for hydroxylation is 1. The maximum Gasteiger partial charge on any atom is 0.275 e. The van der Waals surface area contributed by atoms with E-state index in [1.165, 1.54) is 4.68 Å². The molecule has 0 saturated heterocycles. The third-order valence-electron chi connectivity index (χ3n) is 4.79. The molecular weight excluding hydrogens is 364 g/mol. The van der Waals surface area contributed by atoms with Crippen molar-refractivity contribution >= 4 is 16.7 Å². The van der Waals surface area contributed by atoms with Crippen molar-refractivity contribution in [2.45, 2.75) is 20.0 Å². The Morgan fingerprint density at radius 2 is 1.69 bits per heavy atom. The molecule has 144 valence electrons. The minimum atomic E-state index is -0.180. The molecule has 0 saturated carbocycles. The standard InChI is InChI=1S/C23H20N4O2/c1-16-8-2-3-10-18(16)22(28)25-14-21-19-11-4-5-12-20(19)23(29)27(26-21)15-17-9-6-7-13-24-17/h2-13H,14-15H2,1H3,(H,25,28). The number of fused-ring (bicyclic) bond motifs is 1. The highest BCUT2D eigenvalue weighted by molar-refractivity contribution is 5.95. The van der Waals surface area contributed by atoms with Crippen LogP contribution in [-0.2, 0) is 13.1 Å². The smallest absolute Gasteiger partial charge is 0.275 e. The first-order chi connectivity index (χ1) is 14.1. The fraction of sp³-hybridized carbons (Fsp3) is 0.130. The fourth-order valence-corrected chi connectivity index (χ4v) is 3.28. The number of benzene rings is 2. The number of aromatic nitrogens is 3. The first-order valence-corrected chi connectivity index (χ1v) is 9.36. The van der Waals surface area contributed by atoms with E-state index in [1.54, 1.807) is 18.3 Å². The van der Waals surface area contributed by atoms with Gasteiger partial charge in [-0.3, -0.25) is 14.6 Å². The second kappa shape index (κ2) is 8.06. The molecule has 1 amide bonds. The van der Waals surface area contributed by atoms with Crippen molar-refractivity contribution in [3.8, 4) is 0 Å². The van der Waals surface area contributed by atoms with E-state index >= 15 is 0 Å². The van der Waals surface area contributed by atoms with Gasteiger partial charge in [-0.05, 0) is 36.8 Å². The summed E-state index contributed by atoms with van der Waals surface area (Å²) in [5.41, 5.74) is 2.73. The zero-order valence-electron chi connectivity index (χ0n) is 16.0. The zero-order valence-corrected chi connectivity index (χ0v) is 16.0. The van der Waals surface area contributed by atoms with Gasteiger partial charge < -0.3 is 5.32 Å². The van der Waals surface area contributed by atoms with Gasteiger partial charge in [0.2, 0.25) is 0 Å². The number of carbonyl (C=O) groups is 1. The Balaban J connectivity index is 1.68. The van der Waals surface area contributed by atoms with Crippen LogP contribution in [-0.4, -0.2) is 20.7 Å². The number of amides is 1. The van der Waals surface area contributed by atoms with E-state index in [4.69, 9.17) is 0 Å². The van der Waals surface area contributed by atoms with E-state index in [2.05, 4.69) is 15.4 Å². The normalized spacial score (nSPS) is 10.8. The maximum absolute atomic E-state index is 12.9. The predicted octanol–water partition coefficient (Wildman–Crippen LogP) is 3.08. The summed E-state index contributed by atoms with van der Waals surface area (Å²) < 4.78 is 1.40. The van der Waals surface area contributed by atoms with Crippen molar-refractivity contribution in [2.24, 2.45) is 0 Å². The molecule has 6 heteroatoms. The van der Waals surface area contributed by atoms with Crippen LogP contribution in [0.1, 0.15) is 27.3 Å². The van der Waals surface area contributed by atoms with Crippen LogP contribution in [0.5, 0.6) is 0 Å². The molecule has 4 rings (SSSR count). The molecule has 0 bridgehead atoms. The van der Waals surface area contributed by atoms with Crippen molar-refractivity contribution in [3.63, 3.8) is 0 Å². The molecule has 2 aromatic carbocycles. The predicted molar refractivity (Wildman–Crippen MR) is 112 cm³/mol. The van der Waals surface area contributed by atoms with E-state index in [1.807, 2.05) is 61.5 Å². The molecule has 2 heterocycles. The maximum atomic E-state index is 12.9. The summed E-state index contributed by atoms with van der Waals surface area (Å²) in [4.78, 5) is 29.8. The number of carbonyl (C=O) groups excluding carboxylic acids is 1. The average Bonchev–Trinajstić information content (AvgIpc) is 2.76. The van der Waals surface area contributed by atoms with Crippen molar-refractivity contribution < 1.29 is 4.79 Å². The Morgan fingerprint density at radius 1 is 0.966 bits per heavy atom. The van der Waals surface area contributed by atoms with Gasteiger partial charge in [0.15, 0.2) is 0 Å². The average molecular weight is 384 g/mol. The van der Waals surface area contributed by atoms with Gasteiger partial charge in [0.05, 0.1) is 29.9 Å². The largest absolute Gasteiger partial charge is 0.346 e. The lowest BCUT2D eigenvalue weighted by molar-refractivity contribution is 0.0950. The van der Waals surface area contributed by atoms with Crippen molar-refractivity contribution in [2.75, 3.05) is 0 Å². The van der Waals surface area contributed by atoms with E-state index in [0.717, 1.165) is 16.6 Å². The molecule has 0 fully saturated rings. The summed E-state index contributed by atoms with van der Waals surface area (Å²) in [5.74, 6) is -0.170. The Morgan fingerprint density at radius 3 is 2.45 bits per heavy atom. The molecule has 0 aliphatic carbocycles. The van der Waals surface area contributed by atoms with Gasteiger partial charge in [-0.1, -0.05) is 42.5 Å². The van der Waals surface area contributed by atoms with Gasteiger partial charge in [0, 0.05) is 17.1 Å². The van der Waals surface area contributed by atoms with Crippen LogP contribution in [0.3, 0.4) is 0 Å². The van der Waals surface area contributed by atoms with E-state index in [9.17, 15) is 9.59 Å². The monoisotopic (exact) mass is 384 g/mol. The highest BCUT2D eigenvalue weighted by Crippen LogP contribution is 2.14. The molecule has 0 spiro atoms. The third kappa shape index (κ3) is 3.91. The lowest BCUT2D eigenvalue weighted by Gasteiger charge is -2.12. The molecule has 6 nitrogen and oxygen atoms in total. The lowest BCUT2D eigenvalue weighted by atomic mass is 10.1. The summed E-state index contributed by atoms with van der Waals surface area (Å²) in [6.45, 7) is 2.38. The molecule has 2 aromatic heterocycles. The molecule has 0 atom stereocenters. The van der Waals surface area contributed by atoms with Crippen LogP contribution in [0, 0.1) is 6.92 Å². The topological polar surface area (TPSA) is 76.9 Å². The van der Waals surface area contributed by atoms with Crippen molar-refractivity contribution in [3.05, 3.63) is 106 Å². The first kappa shape index (κ1) is 18.6. The van der Waals surface area contributed by atoms with Gasteiger partial charge in [-0.15, -0.1) is 0 Å². The van der Waals surface area contributed by atoms with Crippen LogP contribution < -0.4 is 10.9 Å². The highest BCUT2D eigenvalue weighted by Gasteiger charge is 2.13. The third-order valence-corrected chi connectivity index (χ3v) is 4.79. The molecule has 4 aromatic rings. The van der Waals surface area contributed by atoms with Gasteiger partial charge in [0.1, 0.15) is 0 Å². The molecule has 0 radical (unpaired) electrons. The van der Waals surface area contributed by atoms with Crippen LogP contribution in [0.15, 0.2) is 77.7 Å². The van der Waals surface area contributed by atoms with Gasteiger partial charge in [-0.2, -0.15) is 5.10 Å². The highest BCUT2D eigenvalue weighted by atomic mass is 16.1. The minimum absolute atomic E-state index is 0.170. The lowest BCUT2D eigenvalue weighted by Crippen LogP contribution is -2.29. The Hall–Kier alpha value is -3.80. The second-order valence-corrected chi connectivity index (χ2v) is 6.77. The zero-order chi connectivity index (χ0) is 20.2. The summed E-state index contributed by atoms with van der Waals surface area (Å²) in [7, 11) is 0. The Labute approximate surface area is 167 Å². The van der Waals surface area contributed by atoms with Gasteiger partial charge >= 0.3 is 0 Å². The first-order valence-electron chi connectivity index (χ1n) is 9.36. The molecule has 29 heavy (non-hydrogen) atoms. The van der Waals surface area contributed by atoms with Crippen LogP contribution in [0.4, 0.5) is 0 Å². The molecule has 1 N–H and O–H groups in total. The summed E-state index contributed by atoms with van der Waals surface area (Å²) >= 11 is 0. The summed E-state index contributed by atoms with van der Waals surface area (Å²) in [5, 5.41) is 8.76. The number of hydrogen-bond acceptors (Lipinski definition) is 4. The number of hydrogen-bond donors (Lipinski definition) is 1. The number of nitrogens with one attached hydrogen (secondary N) is 1. The van der Waals surface area contributed by atoms with E-state index in [0.29, 0.717) is 16.6 Å². The quantitative estimate of drug-likeness (QED) is 0.574. The molecule has 0 unspecified atom stereocenters. The Bertz CT molecular complexity index is 1230. The van der Waals surface area contributed by atoms with Crippen LogP contribution in [0.2, 0.25) is 0 Å². The van der Waals surface area contributed by atoms with E-state index in [-0.39, 0.29) is 24.6 Å². The number of nitrogens with zero attached hydrogens (tertiary/aromatic N) is 3. The molecule has 0 aliphatic heterocycles. The second-order valence-electron chi connectivity index (χ2n) is 6.77. The molecular formula is C23H20N4O2. The Kier molecular flexibility index (Phi) is 5.16. The van der Waals surface area contributed by atoms with Crippen molar-refractivity contribution in [1.82, 2.24) is 20.1 Å². The van der Waals surface area contributed by atoms with Crippen molar-refractivity contribution in [1.29, 1.82) is 0 Å². The fourth-order valence-electron chi connectivity index (χ4n) is 3.28. The number of pyridine rings is 1. The summed E-state index contributed by atoms with van der Waals surface area (Å²) in [6.07, 6.45) is 1.69. The van der Waals surface area contributed by atoms with Gasteiger partial charge in [-0.25, -0.2) is 4.68 Å². The van der Waals surface area contributed by atoms with E-state index < -0.39 is 0 Å².